The molecule has 2 bridgehead atoms. The average molecular weight is 385 g/mol. The van der Waals surface area contributed by atoms with Gasteiger partial charge < -0.3 is 14.9 Å². The van der Waals surface area contributed by atoms with Crippen molar-refractivity contribution in [2.75, 3.05) is 6.61 Å². The van der Waals surface area contributed by atoms with Crippen molar-refractivity contribution < 1.29 is 14.9 Å². The molecule has 0 radical (unpaired) electrons. The van der Waals surface area contributed by atoms with Crippen molar-refractivity contribution in [2.24, 2.45) is 28.6 Å². The van der Waals surface area contributed by atoms with E-state index in [-0.39, 0.29) is 33.5 Å². The second-order valence-corrected chi connectivity index (χ2v) is 10.9. The highest BCUT2D eigenvalue weighted by Gasteiger charge is 2.72. The van der Waals surface area contributed by atoms with Gasteiger partial charge in [0.05, 0.1) is 29.2 Å². The van der Waals surface area contributed by atoms with Gasteiger partial charge in [0.15, 0.2) is 0 Å². The maximum Gasteiger partial charge on any atom is 0.0738 e. The van der Waals surface area contributed by atoms with E-state index in [1.165, 1.54) is 12.8 Å². The number of aliphatic hydroxyl groups is 2. The van der Waals surface area contributed by atoms with Crippen LogP contribution in [0.4, 0.5) is 0 Å². The second-order valence-electron chi connectivity index (χ2n) is 9.47. The van der Waals surface area contributed by atoms with Gasteiger partial charge in [0.25, 0.3) is 0 Å². The largest absolute Gasteiger partial charge is 0.393 e. The molecule has 4 heteroatoms. The van der Waals surface area contributed by atoms with Gasteiger partial charge in [0, 0.05) is 5.41 Å². The lowest BCUT2D eigenvalue weighted by molar-refractivity contribution is -0.112. The number of rotatable bonds is 0. The molecule has 5 rings (SSSR count). The van der Waals surface area contributed by atoms with E-state index in [1.807, 2.05) is 0 Å². The lowest BCUT2D eigenvalue weighted by Gasteiger charge is -2.62. The lowest BCUT2D eigenvalue weighted by Crippen LogP contribution is -2.63. The van der Waals surface area contributed by atoms with E-state index < -0.39 is 0 Å². The highest BCUT2D eigenvalue weighted by Crippen LogP contribution is 2.72. The Hall–Kier alpha value is 0.360. The summed E-state index contributed by atoms with van der Waals surface area (Å²) in [6.07, 6.45) is 8.55. The summed E-state index contributed by atoms with van der Waals surface area (Å²) in [5.74, 6) is 2.08. The summed E-state index contributed by atoms with van der Waals surface area (Å²) in [4.78, 5) is 0. The zero-order chi connectivity index (χ0) is 16.0. The van der Waals surface area contributed by atoms with Gasteiger partial charge >= 0.3 is 0 Å². The van der Waals surface area contributed by atoms with Crippen LogP contribution in [0.1, 0.15) is 58.3 Å². The first-order chi connectivity index (χ1) is 10.9. The fourth-order valence-corrected chi connectivity index (χ4v) is 8.98. The minimum atomic E-state index is -0.176. The van der Waals surface area contributed by atoms with Gasteiger partial charge in [-0.15, -0.1) is 0 Å². The number of alkyl halides is 1. The minimum Gasteiger partial charge on any atom is -0.393 e. The Bertz CT molecular complexity index is 527. The van der Waals surface area contributed by atoms with Gasteiger partial charge in [0.1, 0.15) is 0 Å². The Morgan fingerprint density at radius 2 is 1.87 bits per heavy atom. The van der Waals surface area contributed by atoms with Gasteiger partial charge in [-0.25, -0.2) is 0 Å². The topological polar surface area (TPSA) is 49.7 Å². The van der Waals surface area contributed by atoms with Crippen LogP contribution >= 0.6 is 15.9 Å². The molecule has 5 fully saturated rings. The van der Waals surface area contributed by atoms with Crippen LogP contribution in [0.3, 0.4) is 0 Å². The van der Waals surface area contributed by atoms with E-state index in [1.54, 1.807) is 0 Å². The fourth-order valence-electron chi connectivity index (χ4n) is 7.68. The minimum absolute atomic E-state index is 0.0101. The summed E-state index contributed by atoms with van der Waals surface area (Å²) < 4.78 is 6.34. The third kappa shape index (κ3) is 1.72. The van der Waals surface area contributed by atoms with Crippen molar-refractivity contribution in [1.82, 2.24) is 0 Å². The summed E-state index contributed by atoms with van der Waals surface area (Å²) in [5.41, 5.74) is 0.354. The van der Waals surface area contributed by atoms with Crippen molar-refractivity contribution in [1.29, 1.82) is 0 Å². The molecule has 130 valence electrons. The molecule has 1 aliphatic heterocycles. The number of hydrogen-bond donors (Lipinski definition) is 2. The van der Waals surface area contributed by atoms with E-state index in [9.17, 15) is 10.2 Å². The van der Waals surface area contributed by atoms with Crippen molar-refractivity contribution in [2.45, 2.75) is 80.9 Å². The smallest absolute Gasteiger partial charge is 0.0738 e. The molecular weight excluding hydrogens is 356 g/mol. The molecule has 0 aromatic rings. The number of halogens is 1. The third-order valence-corrected chi connectivity index (χ3v) is 10.5. The molecule has 3 nitrogen and oxygen atoms in total. The highest BCUT2D eigenvalue weighted by atomic mass is 79.9. The lowest BCUT2D eigenvalue weighted by atomic mass is 9.45. The van der Waals surface area contributed by atoms with Crippen LogP contribution in [0, 0.1) is 28.6 Å². The van der Waals surface area contributed by atoms with Gasteiger partial charge in [-0.05, 0) is 74.5 Å². The summed E-state index contributed by atoms with van der Waals surface area (Å²) in [7, 11) is 0. The van der Waals surface area contributed by atoms with Gasteiger partial charge in [-0.1, -0.05) is 22.9 Å². The first-order valence-electron chi connectivity index (χ1n) is 9.57. The SMILES string of the molecule is C[C@@]12CC[C@@H]3[C@@H](C[C@@H]4OC[C@@]35CC[C@@H](O)CC45Br)[C@@H]1CC[C@H]2O. The molecule has 4 aliphatic carbocycles. The summed E-state index contributed by atoms with van der Waals surface area (Å²) in [6, 6.07) is 0. The van der Waals surface area contributed by atoms with Crippen LogP contribution in [-0.2, 0) is 4.74 Å². The van der Waals surface area contributed by atoms with Crippen LogP contribution in [0.25, 0.3) is 0 Å². The molecule has 2 N–H and O–H groups in total. The van der Waals surface area contributed by atoms with Crippen molar-refractivity contribution in [3.05, 3.63) is 0 Å². The number of aliphatic hydroxyl groups excluding tert-OH is 2. The quantitative estimate of drug-likeness (QED) is 0.630. The van der Waals surface area contributed by atoms with E-state index in [0.29, 0.717) is 17.8 Å². The first-order valence-corrected chi connectivity index (χ1v) is 10.4. The van der Waals surface area contributed by atoms with E-state index in [0.717, 1.165) is 45.1 Å². The van der Waals surface area contributed by atoms with Gasteiger partial charge in [0.2, 0.25) is 0 Å². The third-order valence-electron chi connectivity index (χ3n) is 8.92. The van der Waals surface area contributed by atoms with Crippen LogP contribution < -0.4 is 0 Å². The van der Waals surface area contributed by atoms with Crippen LogP contribution in [0.15, 0.2) is 0 Å². The summed E-state index contributed by atoms with van der Waals surface area (Å²) >= 11 is 4.12. The molecule has 23 heavy (non-hydrogen) atoms. The molecule has 1 saturated heterocycles. The second kappa shape index (κ2) is 4.75. The van der Waals surface area contributed by atoms with E-state index in [2.05, 4.69) is 22.9 Å². The Morgan fingerprint density at radius 1 is 1.04 bits per heavy atom. The maximum absolute atomic E-state index is 10.6. The number of ether oxygens (including phenoxy) is 1. The van der Waals surface area contributed by atoms with Crippen molar-refractivity contribution in [3.63, 3.8) is 0 Å². The van der Waals surface area contributed by atoms with Crippen molar-refractivity contribution in [3.8, 4) is 0 Å². The molecule has 1 heterocycles. The zero-order valence-corrected chi connectivity index (χ0v) is 15.6. The number of fused-ring (bicyclic) bond motifs is 3. The Balaban J connectivity index is 1.55. The first kappa shape index (κ1) is 15.6. The van der Waals surface area contributed by atoms with Crippen molar-refractivity contribution >= 4 is 15.9 Å². The monoisotopic (exact) mass is 384 g/mol. The Labute approximate surface area is 147 Å². The Morgan fingerprint density at radius 3 is 2.70 bits per heavy atom. The average Bonchev–Trinajstić information content (AvgIpc) is 2.88. The van der Waals surface area contributed by atoms with E-state index in [4.69, 9.17) is 4.74 Å². The predicted molar refractivity (Wildman–Crippen MR) is 91.4 cm³/mol. The molecule has 4 saturated carbocycles. The van der Waals surface area contributed by atoms with Gasteiger partial charge in [-0.3, -0.25) is 0 Å². The molecule has 0 aromatic carbocycles. The summed E-state index contributed by atoms with van der Waals surface area (Å²) in [5, 5.41) is 20.8. The highest BCUT2D eigenvalue weighted by molar-refractivity contribution is 9.10. The fraction of sp³-hybridized carbons (Fsp3) is 1.00. The normalized spacial score (nSPS) is 64.2. The molecule has 0 aromatic heterocycles. The molecular formula is C19H29BrO3. The molecule has 1 unspecified atom stereocenters. The molecule has 5 aliphatic rings. The summed E-state index contributed by atoms with van der Waals surface area (Å²) in [6.45, 7) is 3.22. The van der Waals surface area contributed by atoms with Crippen LogP contribution in [0.2, 0.25) is 0 Å². The predicted octanol–water partition coefficient (Wildman–Crippen LogP) is 3.26. The standard InChI is InChI=1S/C19H29BrO3/c1-17-6-5-14-12(13(17)2-3-15(17)22)8-16-19(20)9-11(21)4-7-18(14,19)10-23-16/h11-16,21-22H,2-10H2,1H3/t11-,12+,13+,14-,15-,16+,17-,18+,19?/m1/s1. The zero-order valence-electron chi connectivity index (χ0n) is 14.0. The molecule has 0 amide bonds. The van der Waals surface area contributed by atoms with Crippen LogP contribution in [-0.4, -0.2) is 39.5 Å². The molecule has 9 atom stereocenters. The Kier molecular flexibility index (Phi) is 3.22. The maximum atomic E-state index is 10.6. The van der Waals surface area contributed by atoms with Crippen LogP contribution in [0.5, 0.6) is 0 Å². The van der Waals surface area contributed by atoms with Gasteiger partial charge in [-0.2, -0.15) is 0 Å². The number of hydrogen-bond acceptors (Lipinski definition) is 3. The van der Waals surface area contributed by atoms with E-state index >= 15 is 0 Å². The molecule has 0 spiro atoms.